The van der Waals surface area contributed by atoms with Gasteiger partial charge in [-0.3, -0.25) is 0 Å². The molecule has 0 fully saturated rings. The summed E-state index contributed by atoms with van der Waals surface area (Å²) in [7, 11) is 2.04. The lowest BCUT2D eigenvalue weighted by Gasteiger charge is -2.09. The number of anilines is 1. The summed E-state index contributed by atoms with van der Waals surface area (Å²) in [5.41, 5.74) is 3.25. The maximum atomic E-state index is 5.96. The first kappa shape index (κ1) is 13.7. The Labute approximate surface area is 136 Å². The summed E-state index contributed by atoms with van der Waals surface area (Å²) < 4.78 is 3.22. The maximum absolute atomic E-state index is 5.96. The van der Waals surface area contributed by atoms with E-state index in [4.69, 9.17) is 11.6 Å². The summed E-state index contributed by atoms with van der Waals surface area (Å²) in [5.74, 6) is 1.01. The van der Waals surface area contributed by atoms with Gasteiger partial charge >= 0.3 is 0 Å². The zero-order valence-electron chi connectivity index (χ0n) is 10.9. The van der Waals surface area contributed by atoms with Gasteiger partial charge in [0, 0.05) is 21.3 Å². The van der Waals surface area contributed by atoms with Crippen LogP contribution in [0.25, 0.3) is 11.0 Å². The fourth-order valence-electron chi connectivity index (χ4n) is 2.16. The highest BCUT2D eigenvalue weighted by Crippen LogP contribution is 2.23. The second-order valence-electron chi connectivity index (χ2n) is 4.55. The first-order chi connectivity index (χ1) is 9.65. The highest BCUT2D eigenvalue weighted by atomic mass is 127. The van der Waals surface area contributed by atoms with Crippen molar-refractivity contribution < 1.29 is 0 Å². The van der Waals surface area contributed by atoms with Crippen LogP contribution >= 0.6 is 34.2 Å². The molecule has 0 unspecified atom stereocenters. The predicted molar refractivity (Wildman–Crippen MR) is 92.2 cm³/mol. The van der Waals surface area contributed by atoms with Crippen LogP contribution in [0.2, 0.25) is 5.02 Å². The van der Waals surface area contributed by atoms with E-state index in [0.717, 1.165) is 31.1 Å². The lowest BCUT2D eigenvalue weighted by Crippen LogP contribution is -2.06. The number of halogens is 2. The molecular weight excluding hydrogens is 385 g/mol. The average molecular weight is 398 g/mol. The minimum absolute atomic E-state index is 0.683. The Balaban J connectivity index is 1.85. The normalized spacial score (nSPS) is 10.9. The number of fused-ring (bicyclic) bond motifs is 1. The van der Waals surface area contributed by atoms with Crippen LogP contribution in [0.5, 0.6) is 0 Å². The maximum Gasteiger partial charge on any atom is 0.128 e. The number of hydrogen-bond acceptors (Lipinski definition) is 2. The quantitative estimate of drug-likeness (QED) is 0.662. The van der Waals surface area contributed by atoms with E-state index in [0.29, 0.717) is 6.54 Å². The number of hydrogen-bond donors (Lipinski definition) is 1. The Morgan fingerprint density at radius 3 is 2.80 bits per heavy atom. The highest BCUT2D eigenvalue weighted by molar-refractivity contribution is 14.1. The second kappa shape index (κ2) is 5.61. The van der Waals surface area contributed by atoms with Crippen LogP contribution in [0.1, 0.15) is 5.82 Å². The molecule has 0 radical (unpaired) electrons. The second-order valence-corrected chi connectivity index (χ2v) is 6.15. The van der Waals surface area contributed by atoms with Crippen molar-refractivity contribution in [2.75, 3.05) is 5.32 Å². The largest absolute Gasteiger partial charge is 0.377 e. The van der Waals surface area contributed by atoms with Crippen molar-refractivity contribution in [2.45, 2.75) is 6.54 Å². The molecule has 0 bridgehead atoms. The van der Waals surface area contributed by atoms with Gasteiger partial charge in [0.25, 0.3) is 0 Å². The zero-order valence-corrected chi connectivity index (χ0v) is 13.8. The van der Waals surface area contributed by atoms with Gasteiger partial charge in [0.2, 0.25) is 0 Å². The van der Waals surface area contributed by atoms with Crippen molar-refractivity contribution in [1.82, 2.24) is 9.55 Å². The van der Waals surface area contributed by atoms with Crippen LogP contribution in [0, 0.1) is 3.57 Å². The Hall–Kier alpha value is -1.27. The Kier molecular flexibility index (Phi) is 3.85. The number of rotatable bonds is 3. The Bertz CT molecular complexity index is 767. The smallest absolute Gasteiger partial charge is 0.128 e. The van der Waals surface area contributed by atoms with Crippen LogP contribution in [0.3, 0.4) is 0 Å². The molecule has 5 heteroatoms. The number of imidazole rings is 1. The van der Waals surface area contributed by atoms with E-state index in [9.17, 15) is 0 Å². The van der Waals surface area contributed by atoms with Crippen molar-refractivity contribution in [2.24, 2.45) is 7.05 Å². The topological polar surface area (TPSA) is 29.9 Å². The SMILES string of the molecule is Cn1c(CNc2ccc(Cl)cc2I)nc2ccccc21. The number of nitrogens with one attached hydrogen (secondary N) is 1. The number of benzene rings is 2. The lowest BCUT2D eigenvalue weighted by atomic mass is 10.3. The van der Waals surface area contributed by atoms with Gasteiger partial charge in [-0.05, 0) is 52.9 Å². The molecule has 3 rings (SSSR count). The van der Waals surface area contributed by atoms with Crippen LogP contribution in [-0.4, -0.2) is 9.55 Å². The third-order valence-corrected chi connectivity index (χ3v) is 4.38. The Morgan fingerprint density at radius 2 is 2.05 bits per heavy atom. The minimum atomic E-state index is 0.683. The van der Waals surface area contributed by atoms with E-state index in [1.54, 1.807) is 0 Å². The van der Waals surface area contributed by atoms with E-state index >= 15 is 0 Å². The monoisotopic (exact) mass is 397 g/mol. The molecule has 3 aromatic rings. The molecule has 1 N–H and O–H groups in total. The van der Waals surface area contributed by atoms with Crippen molar-refractivity contribution in [3.63, 3.8) is 0 Å². The third kappa shape index (κ3) is 2.62. The molecule has 2 aromatic carbocycles. The summed E-state index contributed by atoms with van der Waals surface area (Å²) in [6.07, 6.45) is 0. The molecule has 0 atom stereocenters. The van der Waals surface area contributed by atoms with Gasteiger partial charge in [0.1, 0.15) is 5.82 Å². The molecule has 0 aliphatic heterocycles. The van der Waals surface area contributed by atoms with E-state index in [-0.39, 0.29) is 0 Å². The number of aromatic nitrogens is 2. The summed E-state index contributed by atoms with van der Waals surface area (Å²) in [6.45, 7) is 0.683. The fraction of sp³-hybridized carbons (Fsp3) is 0.133. The van der Waals surface area contributed by atoms with Gasteiger partial charge in [-0.25, -0.2) is 4.98 Å². The van der Waals surface area contributed by atoms with Crippen LogP contribution in [0.15, 0.2) is 42.5 Å². The van der Waals surface area contributed by atoms with Crippen molar-refractivity contribution in [3.8, 4) is 0 Å². The van der Waals surface area contributed by atoms with Crippen LogP contribution < -0.4 is 5.32 Å². The highest BCUT2D eigenvalue weighted by Gasteiger charge is 2.07. The van der Waals surface area contributed by atoms with Gasteiger partial charge in [-0.2, -0.15) is 0 Å². The molecule has 1 heterocycles. The Morgan fingerprint density at radius 1 is 1.25 bits per heavy atom. The average Bonchev–Trinajstić information content (AvgIpc) is 2.75. The minimum Gasteiger partial charge on any atom is -0.377 e. The van der Waals surface area contributed by atoms with Gasteiger partial charge in [-0.1, -0.05) is 23.7 Å². The van der Waals surface area contributed by atoms with Gasteiger partial charge in [-0.15, -0.1) is 0 Å². The first-order valence-electron chi connectivity index (χ1n) is 6.24. The van der Waals surface area contributed by atoms with Crippen molar-refractivity contribution in [1.29, 1.82) is 0 Å². The van der Waals surface area contributed by atoms with E-state index in [1.165, 1.54) is 0 Å². The summed E-state index contributed by atoms with van der Waals surface area (Å²) in [4.78, 5) is 4.65. The number of nitrogens with zero attached hydrogens (tertiary/aromatic N) is 2. The standard InChI is InChI=1S/C15H13ClIN3/c1-20-14-5-3-2-4-13(14)19-15(20)9-18-12-7-6-10(16)8-11(12)17/h2-8,18H,9H2,1H3. The lowest BCUT2D eigenvalue weighted by molar-refractivity contribution is 0.834. The molecule has 0 amide bonds. The summed E-state index contributed by atoms with van der Waals surface area (Å²) in [5, 5.41) is 4.16. The van der Waals surface area contributed by atoms with Crippen molar-refractivity contribution in [3.05, 3.63) is 56.9 Å². The molecule has 1 aromatic heterocycles. The van der Waals surface area contributed by atoms with E-state index in [2.05, 4.69) is 43.5 Å². The number of para-hydroxylation sites is 2. The molecule has 0 saturated heterocycles. The van der Waals surface area contributed by atoms with Crippen molar-refractivity contribution >= 4 is 50.9 Å². The van der Waals surface area contributed by atoms with E-state index in [1.807, 2.05) is 43.4 Å². The summed E-state index contributed by atoms with van der Waals surface area (Å²) >= 11 is 8.24. The summed E-state index contributed by atoms with van der Waals surface area (Å²) in [6, 6.07) is 14.0. The zero-order chi connectivity index (χ0) is 14.1. The van der Waals surface area contributed by atoms with Gasteiger partial charge in [0.15, 0.2) is 0 Å². The first-order valence-corrected chi connectivity index (χ1v) is 7.70. The van der Waals surface area contributed by atoms with E-state index < -0.39 is 0 Å². The fourth-order valence-corrected chi connectivity index (χ4v) is 3.22. The molecule has 3 nitrogen and oxygen atoms in total. The van der Waals surface area contributed by atoms with Gasteiger partial charge in [0.05, 0.1) is 17.6 Å². The molecule has 102 valence electrons. The molecule has 0 spiro atoms. The molecule has 0 saturated carbocycles. The van der Waals surface area contributed by atoms with Gasteiger partial charge < -0.3 is 9.88 Å². The molecule has 20 heavy (non-hydrogen) atoms. The van der Waals surface area contributed by atoms with Crippen LogP contribution in [-0.2, 0) is 13.6 Å². The van der Waals surface area contributed by atoms with Crippen LogP contribution in [0.4, 0.5) is 5.69 Å². The molecule has 0 aliphatic rings. The predicted octanol–water partition coefficient (Wildman–Crippen LogP) is 4.44. The third-order valence-electron chi connectivity index (χ3n) is 3.25. The number of aryl methyl sites for hydroxylation is 1. The molecule has 0 aliphatic carbocycles. The molecular formula is C15H13ClIN3.